The van der Waals surface area contributed by atoms with Crippen LogP contribution in [0.15, 0.2) is 53.4 Å². The molecule has 0 aromatic heterocycles. The lowest BCUT2D eigenvalue weighted by Gasteiger charge is -2.09. The van der Waals surface area contributed by atoms with Gasteiger partial charge in [-0.05, 0) is 36.8 Å². The van der Waals surface area contributed by atoms with Gasteiger partial charge in [0.1, 0.15) is 0 Å². The molecule has 0 fully saturated rings. The molecule has 1 N–H and O–H groups in total. The number of amides is 1. The molecule has 19 heavy (non-hydrogen) atoms. The highest BCUT2D eigenvalue weighted by molar-refractivity contribution is 8.00. The molecule has 4 heteroatoms. The molecular weight excluding hydrogens is 278 g/mol. The van der Waals surface area contributed by atoms with Gasteiger partial charge in [0.2, 0.25) is 5.91 Å². The van der Waals surface area contributed by atoms with Crippen molar-refractivity contribution >= 4 is 35.0 Å². The lowest BCUT2D eigenvalue weighted by atomic mass is 10.2. The number of benzene rings is 2. The summed E-state index contributed by atoms with van der Waals surface area (Å²) in [6.07, 6.45) is 0. The van der Waals surface area contributed by atoms with Gasteiger partial charge in [0.25, 0.3) is 0 Å². The van der Waals surface area contributed by atoms with Crippen LogP contribution < -0.4 is 5.32 Å². The zero-order valence-electron chi connectivity index (χ0n) is 10.5. The van der Waals surface area contributed by atoms with Crippen LogP contribution in [0.25, 0.3) is 0 Å². The largest absolute Gasteiger partial charge is 0.325 e. The van der Waals surface area contributed by atoms with Gasteiger partial charge >= 0.3 is 0 Å². The standard InChI is InChI=1S/C15H14ClNOS/c1-11-13(16)8-5-9-14(11)17-15(18)10-19-12-6-3-2-4-7-12/h2-9H,10H2,1H3,(H,17,18). The summed E-state index contributed by atoms with van der Waals surface area (Å²) in [5, 5.41) is 3.54. The number of hydrogen-bond donors (Lipinski definition) is 1. The fourth-order valence-electron chi connectivity index (χ4n) is 1.59. The highest BCUT2D eigenvalue weighted by Crippen LogP contribution is 2.23. The maximum Gasteiger partial charge on any atom is 0.234 e. The van der Waals surface area contributed by atoms with Gasteiger partial charge in [-0.1, -0.05) is 35.9 Å². The van der Waals surface area contributed by atoms with Crippen LogP contribution in [0, 0.1) is 6.92 Å². The summed E-state index contributed by atoms with van der Waals surface area (Å²) in [7, 11) is 0. The molecule has 0 aliphatic heterocycles. The molecule has 0 heterocycles. The molecular formula is C15H14ClNOS. The summed E-state index contributed by atoms with van der Waals surface area (Å²) in [5.41, 5.74) is 1.66. The number of anilines is 1. The lowest BCUT2D eigenvalue weighted by Crippen LogP contribution is -2.14. The van der Waals surface area contributed by atoms with E-state index in [0.29, 0.717) is 10.8 Å². The molecule has 0 saturated heterocycles. The molecule has 0 radical (unpaired) electrons. The van der Waals surface area contributed by atoms with Crippen LogP contribution in [0.2, 0.25) is 5.02 Å². The van der Waals surface area contributed by atoms with E-state index >= 15 is 0 Å². The first-order chi connectivity index (χ1) is 9.16. The fraction of sp³-hybridized carbons (Fsp3) is 0.133. The minimum Gasteiger partial charge on any atom is -0.325 e. The second-order valence-electron chi connectivity index (χ2n) is 4.06. The first-order valence-electron chi connectivity index (χ1n) is 5.89. The third kappa shape index (κ3) is 4.01. The van der Waals surface area contributed by atoms with Gasteiger partial charge < -0.3 is 5.32 Å². The highest BCUT2D eigenvalue weighted by atomic mass is 35.5. The minimum absolute atomic E-state index is 0.0285. The maximum atomic E-state index is 11.9. The summed E-state index contributed by atoms with van der Waals surface area (Å²) in [5.74, 6) is 0.356. The van der Waals surface area contributed by atoms with Gasteiger partial charge in [-0.15, -0.1) is 11.8 Å². The van der Waals surface area contributed by atoms with E-state index in [1.165, 1.54) is 11.8 Å². The van der Waals surface area contributed by atoms with Crippen molar-refractivity contribution in [1.82, 2.24) is 0 Å². The van der Waals surface area contributed by atoms with Crippen molar-refractivity contribution in [3.05, 3.63) is 59.1 Å². The molecule has 0 spiro atoms. The van der Waals surface area contributed by atoms with Crippen molar-refractivity contribution in [1.29, 1.82) is 0 Å². The van der Waals surface area contributed by atoms with Crippen LogP contribution in [0.4, 0.5) is 5.69 Å². The van der Waals surface area contributed by atoms with E-state index in [1.807, 2.05) is 55.5 Å². The van der Waals surface area contributed by atoms with Gasteiger partial charge in [-0.2, -0.15) is 0 Å². The van der Waals surface area contributed by atoms with Crippen LogP contribution in [0.5, 0.6) is 0 Å². The van der Waals surface area contributed by atoms with Crippen molar-refractivity contribution in [3.8, 4) is 0 Å². The number of carbonyl (C=O) groups is 1. The number of halogens is 1. The molecule has 2 aromatic rings. The molecule has 2 rings (SSSR count). The smallest absolute Gasteiger partial charge is 0.234 e. The fourth-order valence-corrected chi connectivity index (χ4v) is 2.49. The summed E-state index contributed by atoms with van der Waals surface area (Å²) >= 11 is 7.53. The predicted octanol–water partition coefficient (Wildman–Crippen LogP) is 4.38. The molecule has 2 nitrogen and oxygen atoms in total. The van der Waals surface area contributed by atoms with E-state index in [-0.39, 0.29) is 5.91 Å². The van der Waals surface area contributed by atoms with Crippen molar-refractivity contribution in [2.75, 3.05) is 11.1 Å². The first-order valence-corrected chi connectivity index (χ1v) is 7.26. The summed E-state index contributed by atoms with van der Waals surface area (Å²) < 4.78 is 0. The molecule has 0 unspecified atom stereocenters. The Morgan fingerprint density at radius 3 is 2.63 bits per heavy atom. The zero-order chi connectivity index (χ0) is 13.7. The summed E-state index contributed by atoms with van der Waals surface area (Å²) in [4.78, 5) is 13.0. The van der Waals surface area contributed by atoms with Gasteiger partial charge in [-0.3, -0.25) is 4.79 Å². The normalized spacial score (nSPS) is 10.2. The second kappa shape index (κ2) is 6.64. The van der Waals surface area contributed by atoms with Gasteiger partial charge in [0.05, 0.1) is 5.75 Å². The van der Waals surface area contributed by atoms with Gasteiger partial charge in [-0.25, -0.2) is 0 Å². The Balaban J connectivity index is 1.93. The molecule has 0 atom stereocenters. The Bertz CT molecular complexity index is 572. The third-order valence-electron chi connectivity index (χ3n) is 2.65. The summed E-state index contributed by atoms with van der Waals surface area (Å²) in [6, 6.07) is 15.3. The van der Waals surface area contributed by atoms with E-state index in [0.717, 1.165) is 16.1 Å². The monoisotopic (exact) mass is 291 g/mol. The zero-order valence-corrected chi connectivity index (χ0v) is 12.1. The van der Waals surface area contributed by atoms with E-state index in [4.69, 9.17) is 11.6 Å². The Morgan fingerprint density at radius 2 is 1.89 bits per heavy atom. The molecule has 0 bridgehead atoms. The van der Waals surface area contributed by atoms with Crippen LogP contribution in [0.3, 0.4) is 0 Å². The van der Waals surface area contributed by atoms with Crippen LogP contribution in [-0.2, 0) is 4.79 Å². The molecule has 0 aliphatic carbocycles. The van der Waals surface area contributed by atoms with E-state index in [1.54, 1.807) is 0 Å². The van der Waals surface area contributed by atoms with E-state index < -0.39 is 0 Å². The van der Waals surface area contributed by atoms with E-state index in [2.05, 4.69) is 5.32 Å². The number of hydrogen-bond acceptors (Lipinski definition) is 2. The van der Waals surface area contributed by atoms with Gasteiger partial charge in [0, 0.05) is 15.6 Å². The van der Waals surface area contributed by atoms with Crippen LogP contribution >= 0.6 is 23.4 Å². The average molecular weight is 292 g/mol. The number of nitrogens with one attached hydrogen (secondary N) is 1. The van der Waals surface area contributed by atoms with Crippen molar-refractivity contribution in [2.24, 2.45) is 0 Å². The first kappa shape index (κ1) is 14.0. The lowest BCUT2D eigenvalue weighted by molar-refractivity contribution is -0.113. The molecule has 98 valence electrons. The number of carbonyl (C=O) groups excluding carboxylic acids is 1. The number of rotatable bonds is 4. The van der Waals surface area contributed by atoms with Gasteiger partial charge in [0.15, 0.2) is 0 Å². The van der Waals surface area contributed by atoms with Crippen molar-refractivity contribution < 1.29 is 4.79 Å². The molecule has 0 saturated carbocycles. The summed E-state index contributed by atoms with van der Waals surface area (Å²) in [6.45, 7) is 1.89. The molecule has 1 amide bonds. The third-order valence-corrected chi connectivity index (χ3v) is 4.08. The quantitative estimate of drug-likeness (QED) is 0.847. The van der Waals surface area contributed by atoms with E-state index in [9.17, 15) is 4.79 Å². The Morgan fingerprint density at radius 1 is 1.16 bits per heavy atom. The molecule has 2 aromatic carbocycles. The number of thioether (sulfide) groups is 1. The van der Waals surface area contributed by atoms with Crippen LogP contribution in [-0.4, -0.2) is 11.7 Å². The maximum absolute atomic E-state index is 11.9. The van der Waals surface area contributed by atoms with Crippen molar-refractivity contribution in [2.45, 2.75) is 11.8 Å². The highest BCUT2D eigenvalue weighted by Gasteiger charge is 2.07. The van der Waals surface area contributed by atoms with Crippen molar-refractivity contribution in [3.63, 3.8) is 0 Å². The second-order valence-corrected chi connectivity index (χ2v) is 5.52. The Hall–Kier alpha value is -1.45. The van der Waals surface area contributed by atoms with Crippen LogP contribution in [0.1, 0.15) is 5.56 Å². The predicted molar refractivity (Wildman–Crippen MR) is 82.0 cm³/mol. The minimum atomic E-state index is -0.0285. The molecule has 0 aliphatic rings. The SMILES string of the molecule is Cc1c(Cl)cccc1NC(=O)CSc1ccccc1. The topological polar surface area (TPSA) is 29.1 Å². The average Bonchev–Trinajstić information content (AvgIpc) is 2.43. The Labute approximate surface area is 122 Å². The Kier molecular flexibility index (Phi) is 4.88.